The smallest absolute Gasteiger partial charge is 0.326 e. The molecule has 19 heavy (non-hydrogen) atoms. The number of amides is 1. The van der Waals surface area contributed by atoms with Gasteiger partial charge in [-0.05, 0) is 18.9 Å². The molecule has 0 aliphatic rings. The standard InChI is InChI=1S/C13H18N2O4/c1-7(2)11(13(18)19)14-12(17)10-5-9(8(3)16)6-15(10)4/h5-7,11H,1-4H3,(H,14,17)(H,18,19)/t11-/m1/s1. The summed E-state index contributed by atoms with van der Waals surface area (Å²) >= 11 is 0. The Kier molecular flexibility index (Phi) is 4.47. The average Bonchev–Trinajstić information content (AvgIpc) is 2.67. The molecule has 1 atom stereocenters. The van der Waals surface area contributed by atoms with E-state index in [9.17, 15) is 14.4 Å². The van der Waals surface area contributed by atoms with Gasteiger partial charge in [0.2, 0.25) is 0 Å². The van der Waals surface area contributed by atoms with Crippen LogP contribution in [0.15, 0.2) is 12.3 Å². The number of nitrogens with zero attached hydrogens (tertiary/aromatic N) is 1. The van der Waals surface area contributed by atoms with Crippen molar-refractivity contribution >= 4 is 17.7 Å². The van der Waals surface area contributed by atoms with Crippen molar-refractivity contribution < 1.29 is 19.5 Å². The van der Waals surface area contributed by atoms with Gasteiger partial charge in [0.1, 0.15) is 11.7 Å². The average molecular weight is 266 g/mol. The Bertz CT molecular complexity index is 517. The van der Waals surface area contributed by atoms with Gasteiger partial charge in [-0.15, -0.1) is 0 Å². The number of aliphatic carboxylic acids is 1. The van der Waals surface area contributed by atoms with Crippen molar-refractivity contribution in [3.05, 3.63) is 23.5 Å². The molecule has 104 valence electrons. The van der Waals surface area contributed by atoms with Gasteiger partial charge in [-0.1, -0.05) is 13.8 Å². The fourth-order valence-corrected chi connectivity index (χ4v) is 1.71. The van der Waals surface area contributed by atoms with E-state index in [0.29, 0.717) is 5.56 Å². The van der Waals surface area contributed by atoms with Crippen molar-refractivity contribution in [2.45, 2.75) is 26.8 Å². The van der Waals surface area contributed by atoms with Gasteiger partial charge in [0.25, 0.3) is 5.91 Å². The van der Waals surface area contributed by atoms with Crippen molar-refractivity contribution in [2.24, 2.45) is 13.0 Å². The highest BCUT2D eigenvalue weighted by Crippen LogP contribution is 2.10. The Hall–Kier alpha value is -2.11. The summed E-state index contributed by atoms with van der Waals surface area (Å²) in [7, 11) is 1.63. The Balaban J connectivity index is 2.94. The summed E-state index contributed by atoms with van der Waals surface area (Å²) in [6.07, 6.45) is 1.54. The van der Waals surface area contributed by atoms with Crippen molar-refractivity contribution in [3.8, 4) is 0 Å². The predicted molar refractivity (Wildman–Crippen MR) is 69.1 cm³/mol. The minimum atomic E-state index is -1.08. The minimum Gasteiger partial charge on any atom is -0.480 e. The van der Waals surface area contributed by atoms with Crippen LogP contribution in [0.4, 0.5) is 0 Å². The first-order valence-corrected chi connectivity index (χ1v) is 5.95. The van der Waals surface area contributed by atoms with E-state index in [1.807, 2.05) is 0 Å². The van der Waals surface area contributed by atoms with Gasteiger partial charge in [0.05, 0.1) is 0 Å². The van der Waals surface area contributed by atoms with Gasteiger partial charge in [-0.2, -0.15) is 0 Å². The molecule has 0 aliphatic heterocycles. The second-order valence-electron chi connectivity index (χ2n) is 4.81. The Labute approximate surface area is 111 Å². The summed E-state index contributed by atoms with van der Waals surface area (Å²) in [4.78, 5) is 34.3. The lowest BCUT2D eigenvalue weighted by Crippen LogP contribution is -2.44. The molecule has 0 saturated heterocycles. The summed E-state index contributed by atoms with van der Waals surface area (Å²) in [5.74, 6) is -1.96. The third-order valence-corrected chi connectivity index (χ3v) is 2.86. The fraction of sp³-hybridized carbons (Fsp3) is 0.462. The molecule has 0 spiro atoms. The number of ketones is 1. The number of carbonyl (C=O) groups excluding carboxylic acids is 2. The zero-order chi connectivity index (χ0) is 14.7. The van der Waals surface area contributed by atoms with E-state index in [-0.39, 0.29) is 17.4 Å². The van der Waals surface area contributed by atoms with Crippen LogP contribution in [0.3, 0.4) is 0 Å². The van der Waals surface area contributed by atoms with Crippen molar-refractivity contribution in [3.63, 3.8) is 0 Å². The van der Waals surface area contributed by atoms with E-state index >= 15 is 0 Å². The lowest BCUT2D eigenvalue weighted by Gasteiger charge is -2.17. The maximum Gasteiger partial charge on any atom is 0.326 e. The van der Waals surface area contributed by atoms with Crippen LogP contribution in [-0.2, 0) is 11.8 Å². The van der Waals surface area contributed by atoms with Crippen LogP contribution in [0.1, 0.15) is 41.6 Å². The molecule has 1 rings (SSSR count). The van der Waals surface area contributed by atoms with Gasteiger partial charge in [-0.3, -0.25) is 9.59 Å². The molecular weight excluding hydrogens is 248 g/mol. The fourth-order valence-electron chi connectivity index (χ4n) is 1.71. The van der Waals surface area contributed by atoms with Crippen LogP contribution < -0.4 is 5.32 Å². The van der Waals surface area contributed by atoms with Gasteiger partial charge >= 0.3 is 5.97 Å². The molecule has 6 heteroatoms. The molecule has 1 heterocycles. The highest BCUT2D eigenvalue weighted by molar-refractivity contribution is 6.00. The number of carboxylic acids is 1. The van der Waals surface area contributed by atoms with Crippen LogP contribution in [0, 0.1) is 5.92 Å². The summed E-state index contributed by atoms with van der Waals surface area (Å²) < 4.78 is 1.51. The van der Waals surface area contributed by atoms with Crippen LogP contribution in [0.25, 0.3) is 0 Å². The van der Waals surface area contributed by atoms with E-state index in [2.05, 4.69) is 5.32 Å². The first kappa shape index (κ1) is 14.9. The second kappa shape index (κ2) is 5.69. The molecular formula is C13H18N2O4. The van der Waals surface area contributed by atoms with Gasteiger partial charge in [0.15, 0.2) is 5.78 Å². The highest BCUT2D eigenvalue weighted by atomic mass is 16.4. The van der Waals surface area contributed by atoms with Gasteiger partial charge in [-0.25, -0.2) is 4.79 Å². The number of rotatable bonds is 5. The molecule has 0 bridgehead atoms. The van der Waals surface area contributed by atoms with Crippen LogP contribution >= 0.6 is 0 Å². The summed E-state index contributed by atoms with van der Waals surface area (Å²) in [6.45, 7) is 4.83. The molecule has 2 N–H and O–H groups in total. The number of carboxylic acid groups (broad SMARTS) is 1. The number of hydrogen-bond donors (Lipinski definition) is 2. The highest BCUT2D eigenvalue weighted by Gasteiger charge is 2.25. The van der Waals surface area contributed by atoms with E-state index in [1.165, 1.54) is 17.6 Å². The maximum absolute atomic E-state index is 12.0. The quantitative estimate of drug-likeness (QED) is 0.780. The van der Waals surface area contributed by atoms with Crippen molar-refractivity contribution in [1.29, 1.82) is 0 Å². The Morgan fingerprint density at radius 2 is 1.89 bits per heavy atom. The summed E-state index contributed by atoms with van der Waals surface area (Å²) in [6, 6.07) is 0.500. The van der Waals surface area contributed by atoms with Gasteiger partial charge < -0.3 is 15.0 Å². The largest absolute Gasteiger partial charge is 0.480 e. The molecule has 1 aromatic rings. The zero-order valence-electron chi connectivity index (χ0n) is 11.4. The zero-order valence-corrected chi connectivity index (χ0v) is 11.4. The molecule has 0 radical (unpaired) electrons. The maximum atomic E-state index is 12.0. The lowest BCUT2D eigenvalue weighted by atomic mass is 10.0. The van der Waals surface area contributed by atoms with Crippen molar-refractivity contribution in [2.75, 3.05) is 0 Å². The number of aryl methyl sites for hydroxylation is 1. The molecule has 0 aromatic carbocycles. The minimum absolute atomic E-state index is 0.145. The molecule has 0 aliphatic carbocycles. The van der Waals surface area contributed by atoms with Crippen LogP contribution in [-0.4, -0.2) is 33.4 Å². The molecule has 6 nitrogen and oxygen atoms in total. The van der Waals surface area contributed by atoms with Crippen LogP contribution in [0.5, 0.6) is 0 Å². The third-order valence-electron chi connectivity index (χ3n) is 2.86. The lowest BCUT2D eigenvalue weighted by molar-refractivity contribution is -0.140. The van der Waals surface area contributed by atoms with Crippen molar-refractivity contribution in [1.82, 2.24) is 9.88 Å². The van der Waals surface area contributed by atoms with E-state index < -0.39 is 17.9 Å². The van der Waals surface area contributed by atoms with Gasteiger partial charge in [0, 0.05) is 18.8 Å². The number of carbonyl (C=O) groups is 3. The number of aromatic nitrogens is 1. The number of hydrogen-bond acceptors (Lipinski definition) is 3. The summed E-state index contributed by atoms with van der Waals surface area (Å²) in [5.41, 5.74) is 0.682. The summed E-state index contributed by atoms with van der Waals surface area (Å²) in [5, 5.41) is 11.5. The number of nitrogens with one attached hydrogen (secondary N) is 1. The molecule has 1 aromatic heterocycles. The first-order valence-electron chi connectivity index (χ1n) is 5.95. The first-order chi connectivity index (χ1) is 8.73. The Morgan fingerprint density at radius 3 is 2.26 bits per heavy atom. The number of Topliss-reactive ketones (excluding diaryl/α,β-unsaturated/α-hetero) is 1. The predicted octanol–water partition coefficient (Wildman–Crippen LogP) is 1.07. The third kappa shape index (κ3) is 3.43. The normalized spacial score (nSPS) is 12.3. The molecule has 0 fully saturated rings. The van der Waals surface area contributed by atoms with E-state index in [4.69, 9.17) is 5.11 Å². The topological polar surface area (TPSA) is 88.4 Å². The Morgan fingerprint density at radius 1 is 1.32 bits per heavy atom. The van der Waals surface area contributed by atoms with Crippen LogP contribution in [0.2, 0.25) is 0 Å². The van der Waals surface area contributed by atoms with E-state index in [0.717, 1.165) is 0 Å². The molecule has 0 unspecified atom stereocenters. The monoisotopic (exact) mass is 266 g/mol. The van der Waals surface area contributed by atoms with E-state index in [1.54, 1.807) is 27.1 Å². The SMILES string of the molecule is CC(=O)c1cc(C(=O)N[C@@H](C(=O)O)C(C)C)n(C)c1. The molecule has 1 amide bonds. The molecule has 0 saturated carbocycles. The second-order valence-corrected chi connectivity index (χ2v) is 4.81.